The minimum atomic E-state index is -1.22. The molecule has 0 spiro atoms. The second kappa shape index (κ2) is 7.12. The van der Waals surface area contributed by atoms with E-state index in [-0.39, 0.29) is 17.9 Å². The van der Waals surface area contributed by atoms with E-state index in [1.165, 1.54) is 12.1 Å². The number of carboxylic acids is 1. The van der Waals surface area contributed by atoms with Crippen LogP contribution >= 0.6 is 0 Å². The highest BCUT2D eigenvalue weighted by atomic mass is 16.5. The molecule has 0 aromatic heterocycles. The van der Waals surface area contributed by atoms with E-state index >= 15 is 0 Å². The number of amides is 1. The third-order valence-corrected chi connectivity index (χ3v) is 2.89. The minimum Gasteiger partial charge on any atom is -0.507 e. The van der Waals surface area contributed by atoms with Crippen LogP contribution in [0.1, 0.15) is 10.4 Å². The summed E-state index contributed by atoms with van der Waals surface area (Å²) in [6.45, 7) is -0.225. The molecule has 3 N–H and O–H groups in total. The van der Waals surface area contributed by atoms with Gasteiger partial charge < -0.3 is 20.3 Å². The van der Waals surface area contributed by atoms with Gasteiger partial charge in [0.25, 0.3) is 5.91 Å². The van der Waals surface area contributed by atoms with Gasteiger partial charge in [0, 0.05) is 0 Å². The van der Waals surface area contributed by atoms with Crippen LogP contribution in [-0.4, -0.2) is 34.7 Å². The maximum absolute atomic E-state index is 11.9. The van der Waals surface area contributed by atoms with Gasteiger partial charge in [0.2, 0.25) is 6.10 Å². The number of hydrogen-bond acceptors (Lipinski definition) is 4. The number of aromatic hydroxyl groups is 1. The number of hydrogen-bond donors (Lipinski definition) is 3. The maximum Gasteiger partial charge on any atom is 0.346 e. The van der Waals surface area contributed by atoms with Gasteiger partial charge in [-0.3, -0.25) is 4.79 Å². The van der Waals surface area contributed by atoms with Gasteiger partial charge >= 0.3 is 5.97 Å². The highest BCUT2D eigenvalue weighted by Gasteiger charge is 2.21. The Morgan fingerprint density at radius 1 is 1.05 bits per heavy atom. The van der Waals surface area contributed by atoms with Crippen molar-refractivity contribution < 1.29 is 24.5 Å². The van der Waals surface area contributed by atoms with Gasteiger partial charge in [-0.15, -0.1) is 0 Å². The Kier molecular flexibility index (Phi) is 4.98. The molecule has 0 fully saturated rings. The number of phenolic OH excluding ortho intramolecular Hbond substituents is 1. The van der Waals surface area contributed by atoms with Crippen LogP contribution in [-0.2, 0) is 4.79 Å². The third-order valence-electron chi connectivity index (χ3n) is 2.89. The number of carboxylic acid groups (broad SMARTS) is 1. The van der Waals surface area contributed by atoms with Crippen LogP contribution in [0.25, 0.3) is 0 Å². The summed E-state index contributed by atoms with van der Waals surface area (Å²) in [5.41, 5.74) is 0.0753. The second-order valence-corrected chi connectivity index (χ2v) is 4.48. The highest BCUT2D eigenvalue weighted by molar-refractivity contribution is 5.97. The van der Waals surface area contributed by atoms with E-state index in [1.807, 2.05) is 0 Å². The molecule has 6 nitrogen and oxygen atoms in total. The zero-order valence-electron chi connectivity index (χ0n) is 11.6. The lowest BCUT2D eigenvalue weighted by molar-refractivity contribution is -0.144. The van der Waals surface area contributed by atoms with Gasteiger partial charge in [-0.2, -0.15) is 0 Å². The molecule has 0 aliphatic rings. The predicted molar refractivity (Wildman–Crippen MR) is 78.9 cm³/mol. The van der Waals surface area contributed by atoms with E-state index in [2.05, 4.69) is 5.32 Å². The molecule has 0 aliphatic heterocycles. The van der Waals surface area contributed by atoms with Crippen molar-refractivity contribution in [1.82, 2.24) is 5.32 Å². The van der Waals surface area contributed by atoms with Crippen LogP contribution in [0.5, 0.6) is 11.5 Å². The van der Waals surface area contributed by atoms with Crippen molar-refractivity contribution in [3.63, 3.8) is 0 Å². The Morgan fingerprint density at radius 3 is 2.32 bits per heavy atom. The zero-order valence-corrected chi connectivity index (χ0v) is 11.6. The topological polar surface area (TPSA) is 95.9 Å². The molecule has 1 atom stereocenters. The van der Waals surface area contributed by atoms with Crippen LogP contribution in [0.4, 0.5) is 0 Å². The first-order valence-corrected chi connectivity index (χ1v) is 6.58. The quantitative estimate of drug-likeness (QED) is 0.754. The van der Waals surface area contributed by atoms with E-state index in [0.717, 1.165) is 0 Å². The molecule has 0 saturated heterocycles. The molecule has 2 aromatic carbocycles. The van der Waals surface area contributed by atoms with E-state index < -0.39 is 18.0 Å². The van der Waals surface area contributed by atoms with Gasteiger partial charge in [0.05, 0.1) is 12.1 Å². The fourth-order valence-corrected chi connectivity index (χ4v) is 1.79. The molecule has 0 radical (unpaired) electrons. The fraction of sp³-hybridized carbons (Fsp3) is 0.125. The number of phenols is 1. The average Bonchev–Trinajstić information content (AvgIpc) is 2.52. The van der Waals surface area contributed by atoms with Crippen molar-refractivity contribution in [2.24, 2.45) is 0 Å². The van der Waals surface area contributed by atoms with Gasteiger partial charge in [-0.1, -0.05) is 30.3 Å². The van der Waals surface area contributed by atoms with E-state index in [4.69, 9.17) is 9.84 Å². The molecule has 0 aliphatic carbocycles. The van der Waals surface area contributed by atoms with Crippen molar-refractivity contribution >= 4 is 11.9 Å². The van der Waals surface area contributed by atoms with Gasteiger partial charge in [0.15, 0.2) is 0 Å². The minimum absolute atomic E-state index is 0.0753. The zero-order chi connectivity index (χ0) is 15.9. The number of nitrogens with one attached hydrogen (secondary N) is 1. The number of carbonyl (C=O) groups is 2. The summed E-state index contributed by atoms with van der Waals surface area (Å²) >= 11 is 0. The van der Waals surface area contributed by atoms with E-state index in [1.54, 1.807) is 42.5 Å². The molecule has 114 valence electrons. The van der Waals surface area contributed by atoms with Gasteiger partial charge in [-0.05, 0) is 24.3 Å². The maximum atomic E-state index is 11.9. The average molecular weight is 301 g/mol. The molecule has 2 aromatic rings. The largest absolute Gasteiger partial charge is 0.507 e. The number of rotatable bonds is 6. The molecule has 0 bridgehead atoms. The first-order chi connectivity index (χ1) is 10.6. The number of benzene rings is 2. The fourth-order valence-electron chi connectivity index (χ4n) is 1.79. The lowest BCUT2D eigenvalue weighted by atomic mass is 10.2. The lowest BCUT2D eigenvalue weighted by Crippen LogP contribution is -2.40. The molecule has 1 amide bonds. The molecule has 22 heavy (non-hydrogen) atoms. The number of para-hydroxylation sites is 2. The summed E-state index contributed by atoms with van der Waals surface area (Å²) in [6, 6.07) is 14.5. The summed E-state index contributed by atoms with van der Waals surface area (Å²) in [7, 11) is 0. The van der Waals surface area contributed by atoms with E-state index in [0.29, 0.717) is 5.75 Å². The number of ether oxygens (including phenoxy) is 1. The lowest BCUT2D eigenvalue weighted by Gasteiger charge is -2.16. The summed E-state index contributed by atoms with van der Waals surface area (Å²) in [4.78, 5) is 23.1. The van der Waals surface area contributed by atoms with Crippen LogP contribution < -0.4 is 10.1 Å². The second-order valence-electron chi connectivity index (χ2n) is 4.48. The van der Waals surface area contributed by atoms with Crippen LogP contribution in [0.15, 0.2) is 54.6 Å². The van der Waals surface area contributed by atoms with Crippen molar-refractivity contribution in [1.29, 1.82) is 0 Å². The Bertz CT molecular complexity index is 657. The Morgan fingerprint density at radius 2 is 1.68 bits per heavy atom. The van der Waals surface area contributed by atoms with Crippen molar-refractivity contribution in [3.8, 4) is 11.5 Å². The summed E-state index contributed by atoms with van der Waals surface area (Å²) < 4.78 is 5.32. The monoisotopic (exact) mass is 301 g/mol. The first kappa shape index (κ1) is 15.4. The SMILES string of the molecule is O=C(NCC(Oc1ccccc1)C(=O)O)c1ccccc1O. The third kappa shape index (κ3) is 3.99. The highest BCUT2D eigenvalue weighted by Crippen LogP contribution is 2.15. The Balaban J connectivity index is 1.99. The van der Waals surface area contributed by atoms with Gasteiger partial charge in [0.1, 0.15) is 11.5 Å². The van der Waals surface area contributed by atoms with Crippen LogP contribution in [0, 0.1) is 0 Å². The van der Waals surface area contributed by atoms with Crippen molar-refractivity contribution in [2.75, 3.05) is 6.54 Å². The van der Waals surface area contributed by atoms with Gasteiger partial charge in [-0.25, -0.2) is 4.79 Å². The van der Waals surface area contributed by atoms with Crippen LogP contribution in [0.3, 0.4) is 0 Å². The molecule has 0 heterocycles. The summed E-state index contributed by atoms with van der Waals surface area (Å²) in [6.07, 6.45) is -1.22. The Labute approximate surface area is 127 Å². The first-order valence-electron chi connectivity index (χ1n) is 6.58. The van der Waals surface area contributed by atoms with Crippen molar-refractivity contribution in [3.05, 3.63) is 60.2 Å². The molecular formula is C16H15NO5. The Hall–Kier alpha value is -3.02. The van der Waals surface area contributed by atoms with Crippen molar-refractivity contribution in [2.45, 2.75) is 6.10 Å². The van der Waals surface area contributed by atoms with Crippen LogP contribution in [0.2, 0.25) is 0 Å². The summed E-state index contributed by atoms with van der Waals surface area (Å²) in [5.74, 6) is -1.54. The molecule has 1 unspecified atom stereocenters. The standard InChI is InChI=1S/C16H15NO5/c18-13-9-5-4-8-12(13)15(19)17-10-14(16(20)21)22-11-6-2-1-3-7-11/h1-9,14,18H,10H2,(H,17,19)(H,20,21). The molecule has 0 saturated carbocycles. The summed E-state index contributed by atoms with van der Waals surface area (Å²) in [5, 5.41) is 21.2. The smallest absolute Gasteiger partial charge is 0.346 e. The molecule has 2 rings (SSSR count). The normalized spacial score (nSPS) is 11.5. The number of aliphatic carboxylic acids is 1. The predicted octanol–water partition coefficient (Wildman–Crippen LogP) is 1.65. The number of carbonyl (C=O) groups excluding carboxylic acids is 1. The molecular weight excluding hydrogens is 286 g/mol. The van der Waals surface area contributed by atoms with E-state index in [9.17, 15) is 14.7 Å². The molecule has 6 heteroatoms.